The zero-order valence-corrected chi connectivity index (χ0v) is 21.3. The Bertz CT molecular complexity index is 1450. The van der Waals surface area contributed by atoms with Crippen molar-refractivity contribution in [2.45, 2.75) is 0 Å². The molecule has 0 radical (unpaired) electrons. The van der Waals surface area contributed by atoms with E-state index < -0.39 is 0 Å². The summed E-state index contributed by atoms with van der Waals surface area (Å²) in [6, 6.07) is 11.3. The predicted molar refractivity (Wildman–Crippen MR) is 148 cm³/mol. The lowest BCUT2D eigenvalue weighted by molar-refractivity contribution is -0.111. The van der Waals surface area contributed by atoms with Crippen LogP contribution in [0.25, 0.3) is 16.9 Å². The van der Waals surface area contributed by atoms with Gasteiger partial charge >= 0.3 is 0 Å². The SMILES string of the molecule is CNc1cc(OC)c(Nc2nccc(-n3ccc4cccnc43)n2)cc1NC(=O)/C=C/CN1CCOCC1. The first kappa shape index (κ1) is 25.2. The maximum Gasteiger partial charge on any atom is 0.248 e. The number of hydrogen-bond acceptors (Lipinski definition) is 9. The third-order valence-electron chi connectivity index (χ3n) is 6.19. The summed E-state index contributed by atoms with van der Waals surface area (Å²) in [6.45, 7) is 3.87. The van der Waals surface area contributed by atoms with Gasteiger partial charge in [-0.15, -0.1) is 0 Å². The Labute approximate surface area is 220 Å². The fourth-order valence-electron chi connectivity index (χ4n) is 4.24. The summed E-state index contributed by atoms with van der Waals surface area (Å²) < 4.78 is 12.9. The molecule has 0 spiro atoms. The van der Waals surface area contributed by atoms with Crippen LogP contribution in [0.1, 0.15) is 0 Å². The van der Waals surface area contributed by atoms with Crippen LogP contribution in [0.3, 0.4) is 0 Å². The Kier molecular flexibility index (Phi) is 7.76. The van der Waals surface area contributed by atoms with E-state index in [1.54, 1.807) is 38.7 Å². The van der Waals surface area contributed by atoms with Crippen LogP contribution < -0.4 is 20.7 Å². The second kappa shape index (κ2) is 11.7. The lowest BCUT2D eigenvalue weighted by Gasteiger charge is -2.25. The van der Waals surface area contributed by atoms with E-state index >= 15 is 0 Å². The molecule has 0 saturated carbocycles. The molecule has 1 aliphatic rings. The number of ether oxygens (including phenoxy) is 2. The van der Waals surface area contributed by atoms with E-state index in [2.05, 4.69) is 35.8 Å². The van der Waals surface area contributed by atoms with E-state index in [1.807, 2.05) is 47.2 Å². The lowest BCUT2D eigenvalue weighted by atomic mass is 10.2. The number of nitrogens with zero attached hydrogens (tertiary/aromatic N) is 5. The number of carbonyl (C=O) groups excluding carboxylic acids is 1. The number of amides is 1. The summed E-state index contributed by atoms with van der Waals surface area (Å²) >= 11 is 0. The van der Waals surface area contributed by atoms with Gasteiger partial charge in [0, 0.05) is 62.8 Å². The van der Waals surface area contributed by atoms with Crippen molar-refractivity contribution < 1.29 is 14.3 Å². The fraction of sp³-hybridized carbons (Fsp3) is 0.259. The molecule has 4 aromatic rings. The van der Waals surface area contributed by atoms with Gasteiger partial charge in [-0.05, 0) is 30.3 Å². The van der Waals surface area contributed by atoms with E-state index in [0.717, 1.165) is 37.3 Å². The lowest BCUT2D eigenvalue weighted by Crippen LogP contribution is -2.36. The molecule has 196 valence electrons. The molecule has 0 unspecified atom stereocenters. The molecule has 3 aromatic heterocycles. The predicted octanol–water partition coefficient (Wildman–Crippen LogP) is 3.44. The van der Waals surface area contributed by atoms with Crippen LogP contribution in [0, 0.1) is 0 Å². The van der Waals surface area contributed by atoms with E-state index in [9.17, 15) is 4.79 Å². The Morgan fingerprint density at radius 1 is 1.11 bits per heavy atom. The number of pyridine rings is 1. The van der Waals surface area contributed by atoms with Gasteiger partial charge < -0.3 is 25.4 Å². The first-order chi connectivity index (χ1) is 18.6. The van der Waals surface area contributed by atoms with Gasteiger partial charge in [-0.1, -0.05) is 6.08 Å². The van der Waals surface area contributed by atoms with E-state index in [-0.39, 0.29) is 5.91 Å². The second-order valence-corrected chi connectivity index (χ2v) is 8.62. The van der Waals surface area contributed by atoms with Crippen LogP contribution in [0.2, 0.25) is 0 Å². The topological polar surface area (TPSA) is 118 Å². The number of morpholine rings is 1. The van der Waals surface area contributed by atoms with Gasteiger partial charge in [0.2, 0.25) is 11.9 Å². The number of rotatable bonds is 9. The van der Waals surface area contributed by atoms with Crippen LogP contribution in [0.15, 0.2) is 67.1 Å². The highest BCUT2D eigenvalue weighted by Crippen LogP contribution is 2.36. The quantitative estimate of drug-likeness (QED) is 0.289. The maximum atomic E-state index is 12.7. The highest BCUT2D eigenvalue weighted by Gasteiger charge is 2.14. The molecule has 0 atom stereocenters. The van der Waals surface area contributed by atoms with Crippen LogP contribution >= 0.6 is 0 Å². The molecule has 1 saturated heterocycles. The summed E-state index contributed by atoms with van der Waals surface area (Å²) in [7, 11) is 3.37. The zero-order valence-electron chi connectivity index (χ0n) is 21.3. The number of benzene rings is 1. The van der Waals surface area contributed by atoms with Gasteiger partial charge in [-0.25, -0.2) is 9.97 Å². The average Bonchev–Trinajstić information content (AvgIpc) is 3.38. The van der Waals surface area contributed by atoms with Crippen molar-refractivity contribution in [2.75, 3.05) is 63.0 Å². The Morgan fingerprint density at radius 3 is 2.79 bits per heavy atom. The monoisotopic (exact) mass is 514 g/mol. The van der Waals surface area contributed by atoms with Crippen LogP contribution in [0.5, 0.6) is 5.75 Å². The number of methoxy groups -OCH3 is 1. The second-order valence-electron chi connectivity index (χ2n) is 8.62. The molecule has 4 heterocycles. The molecule has 1 fully saturated rings. The smallest absolute Gasteiger partial charge is 0.248 e. The molecular weight excluding hydrogens is 484 g/mol. The first-order valence-corrected chi connectivity index (χ1v) is 12.3. The molecule has 1 aliphatic heterocycles. The maximum absolute atomic E-state index is 12.7. The number of fused-ring (bicyclic) bond motifs is 1. The number of carbonyl (C=O) groups is 1. The van der Waals surface area contributed by atoms with Crippen molar-refractivity contribution in [1.82, 2.24) is 24.4 Å². The molecule has 1 aromatic carbocycles. The molecule has 1 amide bonds. The molecule has 38 heavy (non-hydrogen) atoms. The van der Waals surface area contributed by atoms with Crippen molar-refractivity contribution in [1.29, 1.82) is 0 Å². The normalized spacial score (nSPS) is 14.1. The van der Waals surface area contributed by atoms with E-state index in [4.69, 9.17) is 9.47 Å². The highest BCUT2D eigenvalue weighted by atomic mass is 16.5. The van der Waals surface area contributed by atoms with Crippen molar-refractivity contribution in [3.8, 4) is 11.6 Å². The van der Waals surface area contributed by atoms with Gasteiger partial charge in [-0.3, -0.25) is 14.3 Å². The molecule has 11 heteroatoms. The van der Waals surface area contributed by atoms with Crippen LogP contribution in [0.4, 0.5) is 23.0 Å². The van der Waals surface area contributed by atoms with Gasteiger partial charge in [0.15, 0.2) is 0 Å². The molecule has 3 N–H and O–H groups in total. The summed E-state index contributed by atoms with van der Waals surface area (Å²) in [5, 5.41) is 10.3. The third kappa shape index (κ3) is 5.74. The van der Waals surface area contributed by atoms with Crippen molar-refractivity contribution in [3.63, 3.8) is 0 Å². The molecule has 5 rings (SSSR count). The Morgan fingerprint density at radius 2 is 1.97 bits per heavy atom. The summed E-state index contributed by atoms with van der Waals surface area (Å²) in [5.74, 6) is 1.38. The largest absolute Gasteiger partial charge is 0.494 e. The van der Waals surface area contributed by atoms with Crippen molar-refractivity contribution >= 4 is 40.0 Å². The first-order valence-electron chi connectivity index (χ1n) is 12.3. The summed E-state index contributed by atoms with van der Waals surface area (Å²) in [6.07, 6.45) is 8.76. The highest BCUT2D eigenvalue weighted by molar-refractivity contribution is 6.02. The van der Waals surface area contributed by atoms with E-state index in [0.29, 0.717) is 41.1 Å². The minimum Gasteiger partial charge on any atom is -0.494 e. The average molecular weight is 515 g/mol. The van der Waals surface area contributed by atoms with Crippen LogP contribution in [-0.4, -0.2) is 77.3 Å². The Hall–Kier alpha value is -4.48. The van der Waals surface area contributed by atoms with Gasteiger partial charge in [0.05, 0.1) is 37.4 Å². The van der Waals surface area contributed by atoms with Crippen molar-refractivity contribution in [3.05, 3.63) is 67.1 Å². The van der Waals surface area contributed by atoms with E-state index in [1.165, 1.54) is 0 Å². The minimum absolute atomic E-state index is 0.226. The molecule has 11 nitrogen and oxygen atoms in total. The minimum atomic E-state index is -0.226. The number of aromatic nitrogens is 4. The van der Waals surface area contributed by atoms with Gasteiger partial charge in [0.1, 0.15) is 17.2 Å². The van der Waals surface area contributed by atoms with Gasteiger partial charge in [0.25, 0.3) is 0 Å². The molecule has 0 aliphatic carbocycles. The molecule has 0 bridgehead atoms. The van der Waals surface area contributed by atoms with Crippen LogP contribution in [-0.2, 0) is 9.53 Å². The third-order valence-corrected chi connectivity index (χ3v) is 6.19. The summed E-state index contributed by atoms with van der Waals surface area (Å²) in [5.41, 5.74) is 2.71. The fourth-order valence-corrected chi connectivity index (χ4v) is 4.24. The molecular formula is C27H30N8O3. The van der Waals surface area contributed by atoms with Gasteiger partial charge in [-0.2, -0.15) is 4.98 Å². The number of nitrogens with one attached hydrogen (secondary N) is 3. The summed E-state index contributed by atoms with van der Waals surface area (Å²) in [4.78, 5) is 28.4. The number of hydrogen-bond donors (Lipinski definition) is 3. The van der Waals surface area contributed by atoms with Crippen molar-refractivity contribution in [2.24, 2.45) is 0 Å². The number of anilines is 4. The Balaban J connectivity index is 1.35. The zero-order chi connectivity index (χ0) is 26.3. The standard InChI is InChI=1S/C27H30N8O3/c1-28-20-18-23(37-2)22(17-21(20)31-25(36)6-4-11-34-13-15-38-16-14-34)32-27-30-10-7-24(33-27)35-12-8-19-5-3-9-29-26(19)35/h3-10,12,17-18,28H,11,13-16H2,1-2H3,(H,31,36)(H,30,32,33)/b6-4+.